The van der Waals surface area contributed by atoms with Crippen LogP contribution in [-0.4, -0.2) is 30.3 Å². The summed E-state index contributed by atoms with van der Waals surface area (Å²) in [6, 6.07) is 7.61. The predicted molar refractivity (Wildman–Crippen MR) is 75.2 cm³/mol. The molecule has 1 aromatic carbocycles. The van der Waals surface area contributed by atoms with Crippen LogP contribution in [0.4, 0.5) is 0 Å². The summed E-state index contributed by atoms with van der Waals surface area (Å²) in [4.78, 5) is 11.8. The number of aryl methyl sites for hydroxylation is 1. The third-order valence-electron chi connectivity index (χ3n) is 2.97. The van der Waals surface area contributed by atoms with E-state index in [9.17, 15) is 4.79 Å². The first-order valence-corrected chi connectivity index (χ1v) is 6.82. The Labute approximate surface area is 114 Å². The lowest BCUT2D eigenvalue weighted by molar-refractivity contribution is -0.122. The summed E-state index contributed by atoms with van der Waals surface area (Å²) in [5.74, 6) is 0.805. The molecule has 4 nitrogen and oxygen atoms in total. The number of hydrogen-bond acceptors (Lipinski definition) is 3. The second-order valence-corrected chi connectivity index (χ2v) is 4.40. The molecular formula is C15H23NO3. The van der Waals surface area contributed by atoms with E-state index in [0.29, 0.717) is 19.4 Å². The summed E-state index contributed by atoms with van der Waals surface area (Å²) >= 11 is 0. The van der Waals surface area contributed by atoms with Gasteiger partial charge in [0.25, 0.3) is 0 Å². The average Bonchev–Trinajstić information content (AvgIpc) is 2.44. The molecule has 19 heavy (non-hydrogen) atoms. The summed E-state index contributed by atoms with van der Waals surface area (Å²) in [7, 11) is 0. The van der Waals surface area contributed by atoms with E-state index in [0.717, 1.165) is 17.7 Å². The van der Waals surface area contributed by atoms with Crippen LogP contribution in [0.15, 0.2) is 24.3 Å². The Morgan fingerprint density at radius 1 is 1.37 bits per heavy atom. The van der Waals surface area contributed by atoms with E-state index in [4.69, 9.17) is 9.84 Å². The van der Waals surface area contributed by atoms with Gasteiger partial charge >= 0.3 is 0 Å². The van der Waals surface area contributed by atoms with Gasteiger partial charge in [0.2, 0.25) is 5.91 Å². The summed E-state index contributed by atoms with van der Waals surface area (Å²) in [6.07, 6.45) is 1.78. The summed E-state index contributed by atoms with van der Waals surface area (Å²) in [5.41, 5.74) is 1.04. The number of aliphatic hydroxyl groups is 1. The monoisotopic (exact) mass is 265 g/mol. The van der Waals surface area contributed by atoms with Gasteiger partial charge in [-0.1, -0.05) is 25.1 Å². The van der Waals surface area contributed by atoms with Gasteiger partial charge in [0.05, 0.1) is 19.3 Å². The van der Waals surface area contributed by atoms with Crippen molar-refractivity contribution >= 4 is 5.91 Å². The molecule has 0 spiro atoms. The molecule has 0 aromatic heterocycles. The maximum absolute atomic E-state index is 11.8. The van der Waals surface area contributed by atoms with Crippen molar-refractivity contribution in [3.05, 3.63) is 29.8 Å². The minimum absolute atomic E-state index is 0.0161. The Balaban J connectivity index is 2.50. The summed E-state index contributed by atoms with van der Waals surface area (Å²) in [5, 5.41) is 11.8. The van der Waals surface area contributed by atoms with Crippen molar-refractivity contribution in [2.75, 3.05) is 13.2 Å². The van der Waals surface area contributed by atoms with Gasteiger partial charge in [-0.25, -0.2) is 0 Å². The molecule has 4 heteroatoms. The Hall–Kier alpha value is -1.55. The Morgan fingerprint density at radius 3 is 2.74 bits per heavy atom. The molecule has 0 bridgehead atoms. The maximum Gasteiger partial charge on any atom is 0.220 e. The van der Waals surface area contributed by atoms with Gasteiger partial charge in [-0.15, -0.1) is 0 Å². The topological polar surface area (TPSA) is 58.6 Å². The smallest absolute Gasteiger partial charge is 0.220 e. The quantitative estimate of drug-likeness (QED) is 0.755. The number of aliphatic hydroxyl groups excluding tert-OH is 1. The largest absolute Gasteiger partial charge is 0.494 e. The van der Waals surface area contributed by atoms with E-state index >= 15 is 0 Å². The number of carbonyl (C=O) groups is 1. The molecule has 1 atom stereocenters. The van der Waals surface area contributed by atoms with Crippen molar-refractivity contribution in [2.24, 2.45) is 0 Å². The lowest BCUT2D eigenvalue weighted by Gasteiger charge is -2.14. The second kappa shape index (κ2) is 8.53. The van der Waals surface area contributed by atoms with Crippen molar-refractivity contribution in [3.63, 3.8) is 0 Å². The first kappa shape index (κ1) is 15.5. The van der Waals surface area contributed by atoms with Crippen LogP contribution < -0.4 is 10.1 Å². The van der Waals surface area contributed by atoms with Gasteiger partial charge in [0.1, 0.15) is 5.75 Å². The SMILES string of the molecule is CCOc1ccccc1CCC(=O)N[C@H](CC)CO. The van der Waals surface area contributed by atoms with Gasteiger partial charge in [-0.3, -0.25) is 4.79 Å². The molecule has 106 valence electrons. The Bertz CT molecular complexity index is 389. The highest BCUT2D eigenvalue weighted by Gasteiger charge is 2.10. The average molecular weight is 265 g/mol. The minimum Gasteiger partial charge on any atom is -0.494 e. The van der Waals surface area contributed by atoms with Crippen LogP contribution in [0.1, 0.15) is 32.3 Å². The summed E-state index contributed by atoms with van der Waals surface area (Å²) < 4.78 is 5.52. The van der Waals surface area contributed by atoms with Crippen LogP contribution in [0.2, 0.25) is 0 Å². The maximum atomic E-state index is 11.8. The van der Waals surface area contributed by atoms with E-state index in [1.807, 2.05) is 38.1 Å². The molecule has 0 unspecified atom stereocenters. The lowest BCUT2D eigenvalue weighted by atomic mass is 10.1. The second-order valence-electron chi connectivity index (χ2n) is 4.40. The number of benzene rings is 1. The molecule has 0 heterocycles. The van der Waals surface area contributed by atoms with Crippen LogP contribution >= 0.6 is 0 Å². The van der Waals surface area contributed by atoms with Gasteiger partial charge in [-0.05, 0) is 31.4 Å². The molecule has 0 saturated carbocycles. The molecule has 0 aliphatic carbocycles. The third kappa shape index (κ3) is 5.30. The molecule has 2 N–H and O–H groups in total. The van der Waals surface area contributed by atoms with Crippen LogP contribution in [0, 0.1) is 0 Å². The van der Waals surface area contributed by atoms with Gasteiger partial charge < -0.3 is 15.2 Å². The zero-order valence-corrected chi connectivity index (χ0v) is 11.7. The first-order chi connectivity index (χ1) is 9.21. The van der Waals surface area contributed by atoms with Crippen LogP contribution in [0.25, 0.3) is 0 Å². The highest BCUT2D eigenvalue weighted by Crippen LogP contribution is 2.19. The normalized spacial score (nSPS) is 11.9. The molecule has 0 fully saturated rings. The number of hydrogen-bond donors (Lipinski definition) is 2. The standard InChI is InChI=1S/C15H23NO3/c1-3-13(11-17)16-15(18)10-9-12-7-5-6-8-14(12)19-4-2/h5-8,13,17H,3-4,9-11H2,1-2H3,(H,16,18)/t13-/m1/s1. The molecule has 1 aromatic rings. The number of carbonyl (C=O) groups excluding carboxylic acids is 1. The number of amides is 1. The fraction of sp³-hybridized carbons (Fsp3) is 0.533. The minimum atomic E-state index is -0.144. The molecular weight excluding hydrogens is 242 g/mol. The number of para-hydroxylation sites is 1. The summed E-state index contributed by atoms with van der Waals surface area (Å²) in [6.45, 7) is 4.48. The molecule has 0 aliphatic heterocycles. The fourth-order valence-electron chi connectivity index (χ4n) is 1.83. The van der Waals surface area contributed by atoms with E-state index in [-0.39, 0.29) is 18.6 Å². The van der Waals surface area contributed by atoms with Gasteiger partial charge in [0.15, 0.2) is 0 Å². The zero-order chi connectivity index (χ0) is 14.1. The number of ether oxygens (including phenoxy) is 1. The van der Waals surface area contributed by atoms with Crippen LogP contribution in [0.3, 0.4) is 0 Å². The van der Waals surface area contributed by atoms with E-state index < -0.39 is 0 Å². The zero-order valence-electron chi connectivity index (χ0n) is 11.7. The third-order valence-corrected chi connectivity index (χ3v) is 2.97. The molecule has 0 aliphatic rings. The molecule has 1 rings (SSSR count). The van der Waals surface area contributed by atoms with E-state index in [2.05, 4.69) is 5.32 Å². The van der Waals surface area contributed by atoms with Crippen molar-refractivity contribution in [1.29, 1.82) is 0 Å². The van der Waals surface area contributed by atoms with Crippen molar-refractivity contribution in [1.82, 2.24) is 5.32 Å². The van der Waals surface area contributed by atoms with Gasteiger partial charge in [-0.2, -0.15) is 0 Å². The predicted octanol–water partition coefficient (Wildman–Crippen LogP) is 1.90. The van der Waals surface area contributed by atoms with Gasteiger partial charge in [0, 0.05) is 6.42 Å². The van der Waals surface area contributed by atoms with E-state index in [1.165, 1.54) is 0 Å². The van der Waals surface area contributed by atoms with Crippen molar-refractivity contribution in [2.45, 2.75) is 39.2 Å². The Kier molecular flexibility index (Phi) is 6.97. The highest BCUT2D eigenvalue weighted by molar-refractivity contribution is 5.76. The molecule has 0 radical (unpaired) electrons. The highest BCUT2D eigenvalue weighted by atomic mass is 16.5. The number of nitrogens with one attached hydrogen (secondary N) is 1. The number of rotatable bonds is 8. The molecule has 0 saturated heterocycles. The molecule has 1 amide bonds. The first-order valence-electron chi connectivity index (χ1n) is 6.82. The lowest BCUT2D eigenvalue weighted by Crippen LogP contribution is -2.37. The Morgan fingerprint density at radius 2 is 2.11 bits per heavy atom. The fourth-order valence-corrected chi connectivity index (χ4v) is 1.83. The van der Waals surface area contributed by atoms with Crippen molar-refractivity contribution in [3.8, 4) is 5.75 Å². The van der Waals surface area contributed by atoms with Crippen molar-refractivity contribution < 1.29 is 14.6 Å². The van der Waals surface area contributed by atoms with Crippen LogP contribution in [0.5, 0.6) is 5.75 Å². The van der Waals surface area contributed by atoms with Crippen LogP contribution in [-0.2, 0) is 11.2 Å². The van der Waals surface area contributed by atoms with E-state index in [1.54, 1.807) is 0 Å².